The Hall–Kier alpha value is -1.83. The molecule has 0 heterocycles. The van der Waals surface area contributed by atoms with Crippen molar-refractivity contribution in [3.05, 3.63) is 65.0 Å². The second-order valence-electron chi connectivity index (χ2n) is 5.09. The molecule has 0 saturated carbocycles. The smallest absolute Gasteiger partial charge is 0.126 e. The van der Waals surface area contributed by atoms with Crippen molar-refractivity contribution in [3.8, 4) is 0 Å². The zero-order valence-electron chi connectivity index (χ0n) is 11.7. The van der Waals surface area contributed by atoms with E-state index in [1.165, 1.54) is 17.2 Å². The van der Waals surface area contributed by atoms with Crippen LogP contribution in [0.1, 0.15) is 23.6 Å². The summed E-state index contributed by atoms with van der Waals surface area (Å²) in [5.41, 5.74) is 4.41. The first-order valence-electron chi connectivity index (χ1n) is 6.64. The first kappa shape index (κ1) is 13.6. The Balaban J connectivity index is 2.08. The number of rotatable bonds is 4. The van der Waals surface area contributed by atoms with Crippen molar-refractivity contribution in [2.45, 2.75) is 33.2 Å². The molecule has 2 heteroatoms. The summed E-state index contributed by atoms with van der Waals surface area (Å²) in [5.74, 6) is -0.128. The molecule has 2 aromatic carbocycles. The monoisotopic (exact) mass is 257 g/mol. The largest absolute Gasteiger partial charge is 0.382 e. The summed E-state index contributed by atoms with van der Waals surface area (Å²) >= 11 is 0. The van der Waals surface area contributed by atoms with Gasteiger partial charge in [-0.1, -0.05) is 30.3 Å². The number of hydrogen-bond acceptors (Lipinski definition) is 1. The van der Waals surface area contributed by atoms with Crippen molar-refractivity contribution in [2.75, 3.05) is 5.32 Å². The molecule has 0 fully saturated rings. The van der Waals surface area contributed by atoms with E-state index in [0.717, 1.165) is 11.3 Å². The molecule has 2 aromatic rings. The van der Waals surface area contributed by atoms with Crippen LogP contribution in [-0.2, 0) is 6.42 Å². The highest BCUT2D eigenvalue weighted by atomic mass is 19.1. The molecule has 0 aromatic heterocycles. The maximum absolute atomic E-state index is 13.6. The van der Waals surface area contributed by atoms with E-state index >= 15 is 0 Å². The third-order valence-electron chi connectivity index (χ3n) is 3.49. The van der Waals surface area contributed by atoms with Crippen molar-refractivity contribution in [2.24, 2.45) is 0 Å². The molecule has 1 N–H and O–H groups in total. The maximum atomic E-state index is 13.6. The molecule has 19 heavy (non-hydrogen) atoms. The Morgan fingerprint density at radius 2 is 1.79 bits per heavy atom. The lowest BCUT2D eigenvalue weighted by Gasteiger charge is -2.18. The topological polar surface area (TPSA) is 12.0 Å². The standard InChI is InChI=1S/C17H20FN/c1-12-7-6-10-17(14(12)3)19-13(2)11-15-8-4-5-9-16(15)18/h4-10,13,19H,11H2,1-3H3. The summed E-state index contributed by atoms with van der Waals surface area (Å²) in [4.78, 5) is 0. The van der Waals surface area contributed by atoms with Crippen LogP contribution >= 0.6 is 0 Å². The van der Waals surface area contributed by atoms with Crippen molar-refractivity contribution in [1.29, 1.82) is 0 Å². The van der Waals surface area contributed by atoms with Gasteiger partial charge in [-0.15, -0.1) is 0 Å². The third-order valence-corrected chi connectivity index (χ3v) is 3.49. The highest BCUT2D eigenvalue weighted by molar-refractivity contribution is 5.54. The fourth-order valence-electron chi connectivity index (χ4n) is 2.22. The van der Waals surface area contributed by atoms with Gasteiger partial charge in [0.15, 0.2) is 0 Å². The normalized spacial score (nSPS) is 12.2. The molecule has 0 bridgehead atoms. The van der Waals surface area contributed by atoms with Crippen LogP contribution in [0.4, 0.5) is 10.1 Å². The molecule has 1 nitrogen and oxygen atoms in total. The summed E-state index contributed by atoms with van der Waals surface area (Å²) < 4.78 is 13.6. The average Bonchev–Trinajstić information content (AvgIpc) is 2.38. The number of hydrogen-bond donors (Lipinski definition) is 1. The van der Waals surface area contributed by atoms with Crippen molar-refractivity contribution in [3.63, 3.8) is 0 Å². The molecule has 1 atom stereocenters. The Bertz CT molecular complexity index is 563. The van der Waals surface area contributed by atoms with Crippen LogP contribution in [0.15, 0.2) is 42.5 Å². The minimum atomic E-state index is -0.128. The van der Waals surface area contributed by atoms with E-state index in [4.69, 9.17) is 0 Å². The van der Waals surface area contributed by atoms with E-state index in [9.17, 15) is 4.39 Å². The van der Waals surface area contributed by atoms with Gasteiger partial charge in [-0.25, -0.2) is 4.39 Å². The van der Waals surface area contributed by atoms with Gasteiger partial charge in [0.25, 0.3) is 0 Å². The number of aryl methyl sites for hydroxylation is 1. The first-order valence-corrected chi connectivity index (χ1v) is 6.64. The second kappa shape index (κ2) is 5.87. The van der Waals surface area contributed by atoms with Gasteiger partial charge < -0.3 is 5.32 Å². The lowest BCUT2D eigenvalue weighted by molar-refractivity contribution is 0.601. The average molecular weight is 257 g/mol. The van der Waals surface area contributed by atoms with Crippen molar-refractivity contribution in [1.82, 2.24) is 0 Å². The number of halogens is 1. The number of anilines is 1. The predicted octanol–water partition coefficient (Wildman–Crippen LogP) is 4.49. The summed E-state index contributed by atoms with van der Waals surface area (Å²) in [6.45, 7) is 6.28. The van der Waals surface area contributed by atoms with E-state index in [-0.39, 0.29) is 11.9 Å². The van der Waals surface area contributed by atoms with E-state index in [1.54, 1.807) is 6.07 Å². The minimum Gasteiger partial charge on any atom is -0.382 e. The van der Waals surface area contributed by atoms with Crippen LogP contribution in [0.2, 0.25) is 0 Å². The van der Waals surface area contributed by atoms with E-state index in [2.05, 4.69) is 38.2 Å². The third kappa shape index (κ3) is 3.34. The van der Waals surface area contributed by atoms with Gasteiger partial charge in [-0.3, -0.25) is 0 Å². The molecule has 0 saturated heterocycles. The zero-order valence-corrected chi connectivity index (χ0v) is 11.7. The van der Waals surface area contributed by atoms with Crippen molar-refractivity contribution < 1.29 is 4.39 Å². The first-order chi connectivity index (χ1) is 9.08. The summed E-state index contributed by atoms with van der Waals surface area (Å²) in [7, 11) is 0. The molecule has 1 unspecified atom stereocenters. The molecule has 0 aliphatic carbocycles. The van der Waals surface area contributed by atoms with Crippen LogP contribution in [0.25, 0.3) is 0 Å². The van der Waals surface area contributed by atoms with E-state index in [1.807, 2.05) is 18.2 Å². The maximum Gasteiger partial charge on any atom is 0.126 e. The summed E-state index contributed by atoms with van der Waals surface area (Å²) in [5, 5.41) is 3.46. The fourth-order valence-corrected chi connectivity index (χ4v) is 2.22. The van der Waals surface area contributed by atoms with Crippen LogP contribution < -0.4 is 5.32 Å². The molecule has 0 radical (unpaired) electrons. The fraction of sp³-hybridized carbons (Fsp3) is 0.294. The van der Waals surface area contributed by atoms with Crippen LogP contribution in [-0.4, -0.2) is 6.04 Å². The lowest BCUT2D eigenvalue weighted by Crippen LogP contribution is -2.19. The highest BCUT2D eigenvalue weighted by Crippen LogP contribution is 2.20. The second-order valence-corrected chi connectivity index (χ2v) is 5.09. The van der Waals surface area contributed by atoms with Gasteiger partial charge in [0.05, 0.1) is 0 Å². The summed E-state index contributed by atoms with van der Waals surface area (Å²) in [6, 6.07) is 13.4. The molecule has 0 aliphatic heterocycles. The summed E-state index contributed by atoms with van der Waals surface area (Å²) in [6.07, 6.45) is 0.681. The molecular formula is C17H20FN. The Labute approximate surface area is 114 Å². The number of benzene rings is 2. The van der Waals surface area contributed by atoms with Crippen molar-refractivity contribution >= 4 is 5.69 Å². The molecule has 0 amide bonds. The Morgan fingerprint density at radius 3 is 2.53 bits per heavy atom. The molecule has 0 spiro atoms. The van der Waals surface area contributed by atoms with Crippen LogP contribution in [0, 0.1) is 19.7 Å². The van der Waals surface area contributed by atoms with E-state index in [0.29, 0.717) is 6.42 Å². The predicted molar refractivity (Wildman–Crippen MR) is 79.1 cm³/mol. The Morgan fingerprint density at radius 1 is 1.05 bits per heavy atom. The van der Waals surface area contributed by atoms with Gasteiger partial charge in [0.2, 0.25) is 0 Å². The zero-order chi connectivity index (χ0) is 13.8. The van der Waals surface area contributed by atoms with Gasteiger partial charge in [-0.2, -0.15) is 0 Å². The lowest BCUT2D eigenvalue weighted by atomic mass is 10.0. The van der Waals surface area contributed by atoms with Crippen LogP contribution in [0.5, 0.6) is 0 Å². The SMILES string of the molecule is Cc1cccc(NC(C)Cc2ccccc2F)c1C. The Kier molecular flexibility index (Phi) is 4.20. The molecule has 0 aliphatic rings. The van der Waals surface area contributed by atoms with Gasteiger partial charge in [0, 0.05) is 11.7 Å². The van der Waals surface area contributed by atoms with Crippen LogP contribution in [0.3, 0.4) is 0 Å². The van der Waals surface area contributed by atoms with Gasteiger partial charge in [0.1, 0.15) is 5.82 Å². The highest BCUT2D eigenvalue weighted by Gasteiger charge is 2.09. The molecule has 100 valence electrons. The molecule has 2 rings (SSSR count). The minimum absolute atomic E-state index is 0.128. The number of nitrogens with one attached hydrogen (secondary N) is 1. The van der Waals surface area contributed by atoms with Gasteiger partial charge >= 0.3 is 0 Å². The molecular weight excluding hydrogens is 237 g/mol. The quantitative estimate of drug-likeness (QED) is 0.851. The van der Waals surface area contributed by atoms with Gasteiger partial charge in [-0.05, 0) is 56.0 Å². The van der Waals surface area contributed by atoms with E-state index < -0.39 is 0 Å².